The highest BCUT2D eigenvalue weighted by molar-refractivity contribution is 5.31. The number of aromatic amines is 1. The summed E-state index contributed by atoms with van der Waals surface area (Å²) in [6, 6.07) is 3.19. The van der Waals surface area contributed by atoms with Gasteiger partial charge in [-0.15, -0.1) is 0 Å². The van der Waals surface area contributed by atoms with Crippen molar-refractivity contribution in [2.75, 3.05) is 11.9 Å². The molecule has 1 saturated carbocycles. The second-order valence-electron chi connectivity index (χ2n) is 3.82. The molecule has 76 valence electrons. The van der Waals surface area contributed by atoms with E-state index in [-0.39, 0.29) is 5.56 Å². The monoisotopic (exact) mass is 193 g/mol. The van der Waals surface area contributed by atoms with Gasteiger partial charge < -0.3 is 5.32 Å². The lowest BCUT2D eigenvalue weighted by Gasteiger charge is -2.25. The average molecular weight is 193 g/mol. The Morgan fingerprint density at radius 3 is 2.93 bits per heavy atom. The van der Waals surface area contributed by atoms with Crippen molar-refractivity contribution < 1.29 is 0 Å². The van der Waals surface area contributed by atoms with Gasteiger partial charge >= 0.3 is 0 Å². The summed E-state index contributed by atoms with van der Waals surface area (Å²) in [5.74, 6) is 1.66. The predicted octanol–water partition coefficient (Wildman–Crippen LogP) is 1.37. The minimum absolute atomic E-state index is 0.158. The Bertz CT molecular complexity index is 323. The Hall–Kier alpha value is -1.32. The fraction of sp³-hybridized carbons (Fsp3) is 0.600. The molecule has 4 heteroatoms. The lowest BCUT2D eigenvalue weighted by Crippen LogP contribution is -2.16. The quantitative estimate of drug-likeness (QED) is 0.759. The van der Waals surface area contributed by atoms with E-state index in [4.69, 9.17) is 0 Å². The van der Waals surface area contributed by atoms with Crippen LogP contribution >= 0.6 is 0 Å². The maximum absolute atomic E-state index is 10.7. The molecule has 1 fully saturated rings. The maximum atomic E-state index is 10.7. The summed E-state index contributed by atoms with van der Waals surface area (Å²) in [5.41, 5.74) is -0.158. The topological polar surface area (TPSA) is 57.8 Å². The van der Waals surface area contributed by atoms with Crippen molar-refractivity contribution in [2.24, 2.45) is 5.92 Å². The van der Waals surface area contributed by atoms with Gasteiger partial charge in [0, 0.05) is 12.6 Å². The Balaban J connectivity index is 1.74. The summed E-state index contributed by atoms with van der Waals surface area (Å²) < 4.78 is 0. The molecule has 1 heterocycles. The van der Waals surface area contributed by atoms with Crippen LogP contribution in [0.4, 0.5) is 5.82 Å². The number of hydrogen-bond donors (Lipinski definition) is 2. The summed E-state index contributed by atoms with van der Waals surface area (Å²) in [5, 5.41) is 9.46. The van der Waals surface area contributed by atoms with Crippen LogP contribution in [0.3, 0.4) is 0 Å². The highest BCUT2D eigenvalue weighted by Gasteiger charge is 2.16. The summed E-state index contributed by atoms with van der Waals surface area (Å²) in [6.07, 6.45) is 5.35. The Labute approximate surface area is 82.7 Å². The highest BCUT2D eigenvalue weighted by Crippen LogP contribution is 2.28. The maximum Gasteiger partial charge on any atom is 0.264 e. The molecule has 0 spiro atoms. The van der Waals surface area contributed by atoms with E-state index in [1.807, 2.05) is 0 Å². The summed E-state index contributed by atoms with van der Waals surface area (Å²) in [7, 11) is 0. The van der Waals surface area contributed by atoms with Crippen LogP contribution in [0.15, 0.2) is 16.9 Å². The van der Waals surface area contributed by atoms with Crippen LogP contribution in [0.1, 0.15) is 25.7 Å². The smallest absolute Gasteiger partial charge is 0.264 e. The molecule has 1 aromatic heterocycles. The van der Waals surface area contributed by atoms with Gasteiger partial charge in [-0.2, -0.15) is 5.10 Å². The molecule has 1 aromatic rings. The van der Waals surface area contributed by atoms with Crippen LogP contribution in [0.5, 0.6) is 0 Å². The second kappa shape index (κ2) is 4.26. The Kier molecular flexibility index (Phi) is 2.81. The van der Waals surface area contributed by atoms with Gasteiger partial charge in [0.25, 0.3) is 5.56 Å². The van der Waals surface area contributed by atoms with Crippen LogP contribution in [0.2, 0.25) is 0 Å². The molecule has 0 saturated heterocycles. The van der Waals surface area contributed by atoms with E-state index in [0.717, 1.165) is 18.3 Å². The van der Waals surface area contributed by atoms with Crippen molar-refractivity contribution >= 4 is 5.82 Å². The third kappa shape index (κ3) is 2.34. The number of hydrogen-bond acceptors (Lipinski definition) is 3. The fourth-order valence-corrected chi connectivity index (χ4v) is 1.63. The van der Waals surface area contributed by atoms with E-state index < -0.39 is 0 Å². The zero-order valence-corrected chi connectivity index (χ0v) is 8.12. The molecule has 0 radical (unpaired) electrons. The first-order valence-electron chi connectivity index (χ1n) is 5.14. The van der Waals surface area contributed by atoms with Crippen LogP contribution < -0.4 is 10.9 Å². The van der Waals surface area contributed by atoms with E-state index in [1.54, 1.807) is 6.07 Å². The molecule has 0 bridgehead atoms. The second-order valence-corrected chi connectivity index (χ2v) is 3.82. The first kappa shape index (κ1) is 9.24. The molecule has 0 atom stereocenters. The molecule has 1 aliphatic carbocycles. The van der Waals surface area contributed by atoms with E-state index >= 15 is 0 Å². The van der Waals surface area contributed by atoms with Crippen LogP contribution in [-0.4, -0.2) is 16.7 Å². The Morgan fingerprint density at radius 2 is 2.36 bits per heavy atom. The molecule has 0 unspecified atom stereocenters. The number of aromatic nitrogens is 2. The number of H-pyrrole nitrogens is 1. The van der Waals surface area contributed by atoms with E-state index in [1.165, 1.54) is 31.7 Å². The van der Waals surface area contributed by atoms with Crippen LogP contribution in [0, 0.1) is 5.92 Å². The van der Waals surface area contributed by atoms with Crippen molar-refractivity contribution in [1.82, 2.24) is 10.2 Å². The van der Waals surface area contributed by atoms with E-state index in [9.17, 15) is 4.79 Å². The summed E-state index contributed by atoms with van der Waals surface area (Å²) >= 11 is 0. The predicted molar refractivity (Wildman–Crippen MR) is 55.3 cm³/mol. The molecular weight excluding hydrogens is 178 g/mol. The van der Waals surface area contributed by atoms with Crippen molar-refractivity contribution in [2.45, 2.75) is 25.7 Å². The van der Waals surface area contributed by atoms with Crippen molar-refractivity contribution in [1.29, 1.82) is 0 Å². The molecule has 1 aliphatic rings. The van der Waals surface area contributed by atoms with Crippen LogP contribution in [-0.2, 0) is 0 Å². The third-order valence-corrected chi connectivity index (χ3v) is 2.76. The number of nitrogens with one attached hydrogen (secondary N) is 2. The van der Waals surface area contributed by atoms with Crippen molar-refractivity contribution in [3.8, 4) is 0 Å². The number of anilines is 1. The fourth-order valence-electron chi connectivity index (χ4n) is 1.63. The van der Waals surface area contributed by atoms with E-state index in [2.05, 4.69) is 15.5 Å². The van der Waals surface area contributed by atoms with Crippen LogP contribution in [0.25, 0.3) is 0 Å². The molecule has 4 nitrogen and oxygen atoms in total. The number of rotatable bonds is 4. The molecular formula is C10H15N3O. The first-order valence-corrected chi connectivity index (χ1v) is 5.14. The SMILES string of the molecule is O=c1ccc(NCCC2CCC2)n[nH]1. The summed E-state index contributed by atoms with van der Waals surface area (Å²) in [4.78, 5) is 10.7. The zero-order valence-electron chi connectivity index (χ0n) is 8.12. The lowest BCUT2D eigenvalue weighted by atomic mass is 9.83. The lowest BCUT2D eigenvalue weighted by molar-refractivity contribution is 0.303. The molecule has 14 heavy (non-hydrogen) atoms. The Morgan fingerprint density at radius 1 is 1.50 bits per heavy atom. The summed E-state index contributed by atoms with van der Waals surface area (Å²) in [6.45, 7) is 0.948. The van der Waals surface area contributed by atoms with Crippen molar-refractivity contribution in [3.63, 3.8) is 0 Å². The molecule has 0 amide bonds. The largest absolute Gasteiger partial charge is 0.369 e. The van der Waals surface area contributed by atoms with Crippen molar-refractivity contribution in [3.05, 3.63) is 22.5 Å². The molecule has 0 aliphatic heterocycles. The molecule has 2 N–H and O–H groups in total. The van der Waals surface area contributed by atoms with Gasteiger partial charge in [0.1, 0.15) is 5.82 Å². The van der Waals surface area contributed by atoms with Gasteiger partial charge in [-0.25, -0.2) is 5.10 Å². The standard InChI is InChI=1S/C10H15N3O/c14-10-5-4-9(12-13-10)11-7-6-8-2-1-3-8/h4-5,8H,1-3,6-7H2,(H,11,12)(H,13,14). The average Bonchev–Trinajstić information content (AvgIpc) is 2.12. The molecule has 2 rings (SSSR count). The van der Waals surface area contributed by atoms with Gasteiger partial charge in [-0.1, -0.05) is 19.3 Å². The van der Waals surface area contributed by atoms with Gasteiger partial charge in [-0.05, 0) is 18.4 Å². The first-order chi connectivity index (χ1) is 6.84. The van der Waals surface area contributed by atoms with Gasteiger partial charge in [0.2, 0.25) is 0 Å². The van der Waals surface area contributed by atoms with E-state index in [0.29, 0.717) is 0 Å². The van der Waals surface area contributed by atoms with Gasteiger partial charge in [-0.3, -0.25) is 4.79 Å². The zero-order chi connectivity index (χ0) is 9.80. The third-order valence-electron chi connectivity index (χ3n) is 2.76. The minimum Gasteiger partial charge on any atom is -0.369 e. The molecule has 0 aromatic carbocycles. The number of nitrogens with zero attached hydrogens (tertiary/aromatic N) is 1. The minimum atomic E-state index is -0.158. The van der Waals surface area contributed by atoms with Gasteiger partial charge in [0.05, 0.1) is 0 Å². The highest BCUT2D eigenvalue weighted by atomic mass is 16.1. The van der Waals surface area contributed by atoms with Gasteiger partial charge in [0.15, 0.2) is 0 Å². The normalized spacial score (nSPS) is 16.3.